The van der Waals surface area contributed by atoms with Gasteiger partial charge in [0.2, 0.25) is 0 Å². The van der Waals surface area contributed by atoms with Crippen LogP contribution in [0, 0.1) is 0 Å². The maximum Gasteiger partial charge on any atom is 0.0605 e. The smallest absolute Gasteiger partial charge is 0.0605 e. The second-order valence-corrected chi connectivity index (χ2v) is 6.28. The molecule has 3 rings (SSSR count). The molecule has 0 radical (unpaired) electrons. The zero-order valence-corrected chi connectivity index (χ0v) is 13.3. The number of hydrogen-bond acceptors (Lipinski definition) is 2. The lowest BCUT2D eigenvalue weighted by atomic mass is 9.92. The molecule has 0 aliphatic heterocycles. The molecule has 2 nitrogen and oxygen atoms in total. The first-order valence-corrected chi connectivity index (χ1v) is 8.11. The Balaban J connectivity index is 1.61. The van der Waals surface area contributed by atoms with Gasteiger partial charge in [0.25, 0.3) is 0 Å². The van der Waals surface area contributed by atoms with Crippen LogP contribution in [0.25, 0.3) is 0 Å². The molecule has 1 heterocycles. The van der Waals surface area contributed by atoms with Gasteiger partial charge in [-0.3, -0.25) is 4.98 Å². The third-order valence-electron chi connectivity index (χ3n) is 4.00. The average molecular weight is 321 g/mol. The Kier molecular flexibility index (Phi) is 4.79. The molecule has 1 atom stereocenters. The standard InChI is InChI=1S/C17H18Cl2N2/c18-14-7-6-12(15(19)11-14)8-10-20-16-5-1-3-13-4-2-9-21-17(13)16/h2,4,6-7,9,11,16,20H,1,3,5,8,10H2. The molecule has 1 aromatic heterocycles. The number of aryl methyl sites for hydroxylation is 1. The minimum atomic E-state index is 0.362. The normalized spacial score (nSPS) is 17.5. The Hall–Kier alpha value is -1.09. The third-order valence-corrected chi connectivity index (χ3v) is 4.58. The Bertz CT molecular complexity index is 628. The highest BCUT2D eigenvalue weighted by atomic mass is 35.5. The number of halogens is 2. The Morgan fingerprint density at radius 2 is 2.14 bits per heavy atom. The van der Waals surface area contributed by atoms with Crippen molar-refractivity contribution in [1.29, 1.82) is 0 Å². The van der Waals surface area contributed by atoms with Gasteiger partial charge in [-0.15, -0.1) is 0 Å². The summed E-state index contributed by atoms with van der Waals surface area (Å²) in [6, 6.07) is 10.3. The predicted molar refractivity (Wildman–Crippen MR) is 88.1 cm³/mol. The SMILES string of the molecule is Clc1ccc(CCNC2CCCc3cccnc32)c(Cl)c1. The summed E-state index contributed by atoms with van der Waals surface area (Å²) >= 11 is 12.1. The number of pyridine rings is 1. The fourth-order valence-corrected chi connectivity index (χ4v) is 3.42. The quantitative estimate of drug-likeness (QED) is 0.890. The van der Waals surface area contributed by atoms with Crippen molar-refractivity contribution in [2.45, 2.75) is 31.7 Å². The molecule has 1 aromatic carbocycles. The van der Waals surface area contributed by atoms with Gasteiger partial charge in [0.05, 0.1) is 5.69 Å². The largest absolute Gasteiger partial charge is 0.308 e. The van der Waals surface area contributed by atoms with E-state index in [9.17, 15) is 0 Å². The summed E-state index contributed by atoms with van der Waals surface area (Å²) in [6.45, 7) is 0.891. The van der Waals surface area contributed by atoms with Gasteiger partial charge in [0.1, 0.15) is 0 Å². The number of benzene rings is 1. The molecular formula is C17H18Cl2N2. The molecule has 21 heavy (non-hydrogen) atoms. The van der Waals surface area contributed by atoms with Gasteiger partial charge >= 0.3 is 0 Å². The Morgan fingerprint density at radius 1 is 1.24 bits per heavy atom. The molecule has 0 saturated heterocycles. The first kappa shape index (κ1) is 14.8. The molecule has 1 aliphatic rings. The summed E-state index contributed by atoms with van der Waals surface area (Å²) in [5, 5.41) is 5.04. The maximum absolute atomic E-state index is 6.21. The van der Waals surface area contributed by atoms with Crippen molar-refractivity contribution in [3.05, 3.63) is 63.4 Å². The first-order valence-electron chi connectivity index (χ1n) is 7.35. The molecule has 0 amide bonds. The van der Waals surface area contributed by atoms with E-state index in [1.165, 1.54) is 17.7 Å². The minimum absolute atomic E-state index is 0.362. The van der Waals surface area contributed by atoms with E-state index < -0.39 is 0 Å². The maximum atomic E-state index is 6.21. The molecule has 2 aromatic rings. The monoisotopic (exact) mass is 320 g/mol. The number of aromatic nitrogens is 1. The van der Waals surface area contributed by atoms with Crippen molar-refractivity contribution in [2.75, 3.05) is 6.54 Å². The molecule has 1 N–H and O–H groups in total. The van der Waals surface area contributed by atoms with Crippen LogP contribution in [0.4, 0.5) is 0 Å². The second-order valence-electron chi connectivity index (χ2n) is 5.43. The van der Waals surface area contributed by atoms with E-state index in [1.54, 1.807) is 6.07 Å². The van der Waals surface area contributed by atoms with Crippen LogP contribution in [0.15, 0.2) is 36.5 Å². The summed E-state index contributed by atoms with van der Waals surface area (Å²) in [5.74, 6) is 0. The van der Waals surface area contributed by atoms with Crippen LogP contribution >= 0.6 is 23.2 Å². The molecule has 110 valence electrons. The zero-order chi connectivity index (χ0) is 14.7. The fourth-order valence-electron chi connectivity index (χ4n) is 2.91. The van der Waals surface area contributed by atoms with Gasteiger partial charge in [0.15, 0.2) is 0 Å². The second kappa shape index (κ2) is 6.78. The summed E-state index contributed by atoms with van der Waals surface area (Å²) in [6.07, 6.45) is 6.30. The van der Waals surface area contributed by atoms with Crippen molar-refractivity contribution >= 4 is 23.2 Å². The van der Waals surface area contributed by atoms with Crippen molar-refractivity contribution in [3.63, 3.8) is 0 Å². The van der Waals surface area contributed by atoms with E-state index in [0.717, 1.165) is 36.4 Å². The van der Waals surface area contributed by atoms with E-state index in [1.807, 2.05) is 24.4 Å². The van der Waals surface area contributed by atoms with Crippen molar-refractivity contribution in [1.82, 2.24) is 10.3 Å². The molecular weight excluding hydrogens is 303 g/mol. The van der Waals surface area contributed by atoms with Gasteiger partial charge in [-0.1, -0.05) is 35.3 Å². The van der Waals surface area contributed by atoms with E-state index >= 15 is 0 Å². The molecule has 0 fully saturated rings. The minimum Gasteiger partial charge on any atom is -0.308 e. The van der Waals surface area contributed by atoms with Crippen LogP contribution in [-0.4, -0.2) is 11.5 Å². The van der Waals surface area contributed by atoms with Crippen LogP contribution in [-0.2, 0) is 12.8 Å². The van der Waals surface area contributed by atoms with Crippen LogP contribution in [0.5, 0.6) is 0 Å². The summed E-state index contributed by atoms with van der Waals surface area (Å²) < 4.78 is 0. The lowest BCUT2D eigenvalue weighted by Crippen LogP contribution is -2.28. The average Bonchev–Trinajstić information content (AvgIpc) is 2.50. The highest BCUT2D eigenvalue weighted by Gasteiger charge is 2.20. The number of nitrogens with zero attached hydrogens (tertiary/aromatic N) is 1. The summed E-state index contributed by atoms with van der Waals surface area (Å²) in [4.78, 5) is 4.55. The van der Waals surface area contributed by atoms with Gasteiger partial charge < -0.3 is 5.32 Å². The molecule has 4 heteroatoms. The van der Waals surface area contributed by atoms with E-state index in [0.29, 0.717) is 11.1 Å². The van der Waals surface area contributed by atoms with E-state index in [2.05, 4.69) is 16.4 Å². The lowest BCUT2D eigenvalue weighted by Gasteiger charge is -2.25. The topological polar surface area (TPSA) is 24.9 Å². The van der Waals surface area contributed by atoms with Crippen molar-refractivity contribution in [2.24, 2.45) is 0 Å². The lowest BCUT2D eigenvalue weighted by molar-refractivity contribution is 0.451. The van der Waals surface area contributed by atoms with Crippen molar-refractivity contribution < 1.29 is 0 Å². The summed E-state index contributed by atoms with van der Waals surface area (Å²) in [5.41, 5.74) is 3.72. The van der Waals surface area contributed by atoms with Gasteiger partial charge in [-0.05, 0) is 61.6 Å². The first-order chi connectivity index (χ1) is 10.2. The van der Waals surface area contributed by atoms with Gasteiger partial charge in [0, 0.05) is 22.3 Å². The van der Waals surface area contributed by atoms with E-state index in [4.69, 9.17) is 23.2 Å². The zero-order valence-electron chi connectivity index (χ0n) is 11.8. The predicted octanol–water partition coefficient (Wildman–Crippen LogP) is 4.60. The summed E-state index contributed by atoms with van der Waals surface area (Å²) in [7, 11) is 0. The fraction of sp³-hybridized carbons (Fsp3) is 0.353. The number of hydrogen-bond donors (Lipinski definition) is 1. The van der Waals surface area contributed by atoms with Crippen LogP contribution < -0.4 is 5.32 Å². The molecule has 0 saturated carbocycles. The van der Waals surface area contributed by atoms with Crippen LogP contribution in [0.3, 0.4) is 0 Å². The molecule has 0 spiro atoms. The molecule has 0 bridgehead atoms. The van der Waals surface area contributed by atoms with Crippen LogP contribution in [0.2, 0.25) is 10.0 Å². The Morgan fingerprint density at radius 3 is 3.00 bits per heavy atom. The molecule has 1 unspecified atom stereocenters. The highest BCUT2D eigenvalue weighted by molar-refractivity contribution is 6.35. The van der Waals surface area contributed by atoms with Gasteiger partial charge in [-0.2, -0.15) is 0 Å². The number of rotatable bonds is 4. The van der Waals surface area contributed by atoms with Gasteiger partial charge in [-0.25, -0.2) is 0 Å². The third kappa shape index (κ3) is 3.57. The van der Waals surface area contributed by atoms with Crippen LogP contribution in [0.1, 0.15) is 35.7 Å². The number of nitrogens with one attached hydrogen (secondary N) is 1. The molecule has 1 aliphatic carbocycles. The number of fused-ring (bicyclic) bond motifs is 1. The highest BCUT2D eigenvalue weighted by Crippen LogP contribution is 2.27. The van der Waals surface area contributed by atoms with E-state index in [-0.39, 0.29) is 0 Å². The van der Waals surface area contributed by atoms with Crippen molar-refractivity contribution in [3.8, 4) is 0 Å². The Labute approximate surface area is 135 Å².